The third-order valence-electron chi connectivity index (χ3n) is 6.46. The Morgan fingerprint density at radius 2 is 2.00 bits per heavy atom. The van der Waals surface area contributed by atoms with Crippen LogP contribution in [-0.2, 0) is 9.59 Å². The van der Waals surface area contributed by atoms with Gasteiger partial charge in [-0.1, -0.05) is 6.08 Å². The predicted molar refractivity (Wildman–Crippen MR) is 115 cm³/mol. The summed E-state index contributed by atoms with van der Waals surface area (Å²) in [5.74, 6) is 0.445. The molecule has 0 aromatic carbocycles. The fourth-order valence-electron chi connectivity index (χ4n) is 4.18. The Labute approximate surface area is 173 Å². The summed E-state index contributed by atoms with van der Waals surface area (Å²) in [6, 6.07) is -0.0423. The Hall–Kier alpha value is -1.34. The molecule has 0 radical (unpaired) electrons. The van der Waals surface area contributed by atoms with Crippen molar-refractivity contribution in [3.8, 4) is 0 Å². The number of nitrogens with zero attached hydrogens (tertiary/aromatic N) is 3. The van der Waals surface area contributed by atoms with Crippen LogP contribution in [0.3, 0.4) is 0 Å². The Bertz CT molecular complexity index is 638. The first-order valence-electron chi connectivity index (χ1n) is 10.6. The Balaban J connectivity index is 1.53. The van der Waals surface area contributed by atoms with Crippen molar-refractivity contribution in [1.82, 2.24) is 9.80 Å². The fraction of sp³-hybridized carbons (Fsp3) is 0.762. The molecule has 0 spiro atoms. The van der Waals surface area contributed by atoms with Gasteiger partial charge in [0.25, 0.3) is 0 Å². The van der Waals surface area contributed by atoms with Crippen LogP contribution in [0.1, 0.15) is 57.8 Å². The number of nitrogens with two attached hydrogens (primary N) is 1. The highest BCUT2D eigenvalue weighted by atomic mass is 32.2. The van der Waals surface area contributed by atoms with Crippen LogP contribution in [0.5, 0.6) is 0 Å². The summed E-state index contributed by atoms with van der Waals surface area (Å²) in [6.07, 6.45) is 12.6. The summed E-state index contributed by atoms with van der Waals surface area (Å²) < 4.78 is 0. The predicted octanol–water partition coefficient (Wildman–Crippen LogP) is 2.78. The number of hydrogen-bond acceptors (Lipinski definition) is 5. The molecule has 2 atom stereocenters. The molecule has 2 fully saturated rings. The highest BCUT2D eigenvalue weighted by Crippen LogP contribution is 2.30. The first kappa shape index (κ1) is 21.4. The van der Waals surface area contributed by atoms with Crippen molar-refractivity contribution in [3.05, 3.63) is 11.8 Å². The van der Waals surface area contributed by atoms with Gasteiger partial charge < -0.3 is 15.5 Å². The van der Waals surface area contributed by atoms with Crippen molar-refractivity contribution in [2.75, 3.05) is 26.4 Å². The molecule has 3 rings (SSSR count). The van der Waals surface area contributed by atoms with E-state index in [1.165, 1.54) is 6.42 Å². The molecule has 7 heteroatoms. The van der Waals surface area contributed by atoms with E-state index in [-0.39, 0.29) is 17.7 Å². The highest BCUT2D eigenvalue weighted by Gasteiger charge is 2.33. The summed E-state index contributed by atoms with van der Waals surface area (Å²) in [7, 11) is 1.89. The van der Waals surface area contributed by atoms with Crippen molar-refractivity contribution in [2.24, 2.45) is 16.6 Å². The van der Waals surface area contributed by atoms with E-state index in [4.69, 9.17) is 10.7 Å². The lowest BCUT2D eigenvalue weighted by Crippen LogP contribution is -2.51. The van der Waals surface area contributed by atoms with Crippen molar-refractivity contribution < 1.29 is 9.59 Å². The number of carbonyl (C=O) groups excluding carboxylic acids is 2. The second-order valence-electron chi connectivity index (χ2n) is 8.26. The van der Waals surface area contributed by atoms with Crippen LogP contribution in [-0.4, -0.2) is 65.1 Å². The lowest BCUT2D eigenvalue weighted by molar-refractivity contribution is -0.136. The monoisotopic (exact) mass is 406 g/mol. The van der Waals surface area contributed by atoms with E-state index in [0.717, 1.165) is 68.8 Å². The number of allylic oxidation sites excluding steroid dienone is 2. The van der Waals surface area contributed by atoms with Crippen LogP contribution < -0.4 is 5.73 Å². The van der Waals surface area contributed by atoms with Crippen LogP contribution in [0.15, 0.2) is 16.8 Å². The van der Waals surface area contributed by atoms with Crippen molar-refractivity contribution in [2.45, 2.75) is 69.9 Å². The minimum atomic E-state index is -0.427. The number of aliphatic imine (C=N–C) groups is 1. The van der Waals surface area contributed by atoms with E-state index >= 15 is 0 Å². The maximum atomic E-state index is 12.6. The van der Waals surface area contributed by atoms with Gasteiger partial charge in [-0.2, -0.15) is 0 Å². The number of rotatable bonds is 6. The smallest absolute Gasteiger partial charge is 0.239 e. The maximum absolute atomic E-state index is 12.6. The topological polar surface area (TPSA) is 79.0 Å². The van der Waals surface area contributed by atoms with Crippen molar-refractivity contribution in [3.63, 3.8) is 0 Å². The molecular weight excluding hydrogens is 372 g/mol. The fourth-order valence-corrected chi connectivity index (χ4v) is 4.66. The highest BCUT2D eigenvalue weighted by molar-refractivity contribution is 8.13. The molecule has 3 aliphatic rings. The van der Waals surface area contributed by atoms with Gasteiger partial charge in [0.1, 0.15) is 0 Å². The summed E-state index contributed by atoms with van der Waals surface area (Å²) in [5, 5.41) is 0.881. The van der Waals surface area contributed by atoms with Gasteiger partial charge in [0.05, 0.1) is 17.5 Å². The molecule has 0 aromatic rings. The lowest BCUT2D eigenvalue weighted by Gasteiger charge is -2.37. The largest absolute Gasteiger partial charge is 0.342 e. The van der Waals surface area contributed by atoms with Crippen molar-refractivity contribution >= 4 is 28.6 Å². The van der Waals surface area contributed by atoms with Gasteiger partial charge in [0.15, 0.2) is 0 Å². The van der Waals surface area contributed by atoms with Crippen LogP contribution in [0.2, 0.25) is 0 Å². The lowest BCUT2D eigenvalue weighted by atomic mass is 9.85. The zero-order valence-electron chi connectivity index (χ0n) is 17.2. The minimum Gasteiger partial charge on any atom is -0.342 e. The summed E-state index contributed by atoms with van der Waals surface area (Å²) in [5.41, 5.74) is 7.34. The first-order chi connectivity index (χ1) is 13.5. The Morgan fingerprint density at radius 1 is 1.29 bits per heavy atom. The van der Waals surface area contributed by atoms with Crippen LogP contribution in [0.4, 0.5) is 0 Å². The molecule has 0 bridgehead atoms. The number of likely N-dealkylation sites (tertiary alicyclic amines) is 1. The molecule has 6 nitrogen and oxygen atoms in total. The molecule has 1 aliphatic heterocycles. The Morgan fingerprint density at radius 3 is 2.54 bits per heavy atom. The van der Waals surface area contributed by atoms with Gasteiger partial charge in [0.2, 0.25) is 11.8 Å². The van der Waals surface area contributed by atoms with E-state index in [0.29, 0.717) is 12.5 Å². The molecule has 2 amide bonds. The summed E-state index contributed by atoms with van der Waals surface area (Å²) in [4.78, 5) is 33.6. The minimum absolute atomic E-state index is 0.0797. The van der Waals surface area contributed by atoms with Gasteiger partial charge in [-0.15, -0.1) is 11.8 Å². The number of likely N-dealkylation sites (N-methyl/N-ethyl adjacent to an activating group) is 1. The van der Waals surface area contributed by atoms with Crippen LogP contribution in [0.25, 0.3) is 0 Å². The normalized spacial score (nSPS) is 24.5. The van der Waals surface area contributed by atoms with E-state index in [1.807, 2.05) is 23.1 Å². The molecular formula is C21H34N4O2S. The quantitative estimate of drug-likeness (QED) is 0.543. The molecule has 0 aromatic heterocycles. The molecule has 2 aliphatic carbocycles. The molecule has 1 heterocycles. The van der Waals surface area contributed by atoms with Gasteiger partial charge in [-0.25, -0.2) is 0 Å². The molecule has 2 N–H and O–H groups in total. The van der Waals surface area contributed by atoms with Gasteiger partial charge >= 0.3 is 0 Å². The second-order valence-corrected chi connectivity index (χ2v) is 9.14. The van der Waals surface area contributed by atoms with E-state index < -0.39 is 6.04 Å². The summed E-state index contributed by atoms with van der Waals surface area (Å²) >= 11 is 1.55. The number of hydrogen-bond donors (Lipinski definition) is 1. The SMILES string of the molecule is CSC(CC(=O)N1CCCC1)=NC1=CCC([C@H](N)C(=O)N(C)C2CCC2)CC1. The molecule has 1 unspecified atom stereocenters. The number of amides is 2. The average Bonchev–Trinajstić information content (AvgIpc) is 3.20. The summed E-state index contributed by atoms with van der Waals surface area (Å²) in [6.45, 7) is 1.76. The van der Waals surface area contributed by atoms with Gasteiger partial charge in [-0.3, -0.25) is 14.6 Å². The zero-order valence-corrected chi connectivity index (χ0v) is 18.0. The molecule has 28 heavy (non-hydrogen) atoms. The molecule has 1 saturated carbocycles. The Kier molecular flexibility index (Phi) is 7.57. The second kappa shape index (κ2) is 9.92. The first-order valence-corrected chi connectivity index (χ1v) is 11.8. The molecule has 156 valence electrons. The third kappa shape index (κ3) is 5.17. The van der Waals surface area contributed by atoms with Crippen molar-refractivity contribution in [1.29, 1.82) is 0 Å². The van der Waals surface area contributed by atoms with Gasteiger partial charge in [-0.05, 0) is 63.5 Å². The average molecular weight is 407 g/mol. The van der Waals surface area contributed by atoms with Gasteiger partial charge in [0, 0.05) is 31.9 Å². The van der Waals surface area contributed by atoms with E-state index in [9.17, 15) is 9.59 Å². The van der Waals surface area contributed by atoms with E-state index in [1.54, 1.807) is 11.8 Å². The van der Waals surface area contributed by atoms with E-state index in [2.05, 4.69) is 6.08 Å². The molecule has 1 saturated heterocycles. The third-order valence-corrected chi connectivity index (χ3v) is 7.16. The maximum Gasteiger partial charge on any atom is 0.239 e. The number of carbonyl (C=O) groups is 2. The number of thioether (sulfide) groups is 1. The van der Waals surface area contributed by atoms with Crippen LogP contribution >= 0.6 is 11.8 Å². The standard InChI is InChI=1S/C21H34N4O2S/c1-24(17-6-5-7-17)21(27)20(22)15-8-10-16(11-9-15)23-18(28-2)14-19(26)25-12-3-4-13-25/h10,15,17,20H,3-9,11-14,22H2,1-2H3/t15?,20-/m0/s1. The van der Waals surface area contributed by atoms with Crippen LogP contribution in [0, 0.1) is 5.92 Å². The zero-order chi connectivity index (χ0) is 20.1.